The largest absolute Gasteiger partial charge is 0.293 e. The van der Waals surface area contributed by atoms with E-state index in [-0.39, 0.29) is 17.3 Å². The molecule has 0 aromatic heterocycles. The predicted molar refractivity (Wildman–Crippen MR) is 152 cm³/mol. The Morgan fingerprint density at radius 3 is 2.17 bits per heavy atom. The van der Waals surface area contributed by atoms with E-state index in [0.29, 0.717) is 10.7 Å². The van der Waals surface area contributed by atoms with Crippen molar-refractivity contribution in [3.63, 3.8) is 0 Å². The molecule has 1 heterocycles. The topological polar surface area (TPSA) is 92.9 Å². The average molecular weight is 548 g/mol. The molecule has 0 spiro atoms. The molecule has 0 radical (unpaired) electrons. The highest BCUT2D eigenvalue weighted by molar-refractivity contribution is 6.31. The second-order valence-electron chi connectivity index (χ2n) is 10.4. The highest BCUT2D eigenvalue weighted by atomic mass is 35.5. The lowest BCUT2D eigenvalue weighted by Gasteiger charge is -2.52. The summed E-state index contributed by atoms with van der Waals surface area (Å²) in [7, 11) is 0. The lowest BCUT2D eigenvalue weighted by atomic mass is 9.47. The van der Waals surface area contributed by atoms with Gasteiger partial charge in [-0.3, -0.25) is 24.7 Å². The molecule has 4 aliphatic rings. The first-order valence-electron chi connectivity index (χ1n) is 13.0. The summed E-state index contributed by atoms with van der Waals surface area (Å²) in [6.45, 7) is 1.88. The van der Waals surface area contributed by atoms with Gasteiger partial charge in [-0.1, -0.05) is 78.3 Å². The number of benzene rings is 4. The molecule has 2 atom stereocenters. The third-order valence-electron chi connectivity index (χ3n) is 8.65. The number of para-hydroxylation sites is 2. The zero-order valence-electron chi connectivity index (χ0n) is 21.3. The smallest absolute Gasteiger partial charge is 0.274 e. The van der Waals surface area contributed by atoms with Crippen molar-refractivity contribution < 1.29 is 14.5 Å². The molecule has 8 heteroatoms. The van der Waals surface area contributed by atoms with Crippen molar-refractivity contribution in [1.29, 1.82) is 0 Å². The molecule has 4 aromatic carbocycles. The molecule has 1 aliphatic heterocycles. The molecule has 4 aromatic rings. The SMILES string of the molecule is Cc1c(Cl)cccc1N=CC12c3ccccc3C(c3ccccc31)[C@@H]1C(=O)N(c3ccccc3[N+](=O)[O-])C(=O)[C@H]12. The zero-order valence-corrected chi connectivity index (χ0v) is 22.1. The van der Waals surface area contributed by atoms with Gasteiger partial charge in [0.2, 0.25) is 11.8 Å². The first kappa shape index (κ1) is 24.4. The van der Waals surface area contributed by atoms with E-state index in [4.69, 9.17) is 16.6 Å². The molecular formula is C32H22ClN3O4. The molecule has 196 valence electrons. The Morgan fingerprint density at radius 1 is 0.875 bits per heavy atom. The van der Waals surface area contributed by atoms with Crippen LogP contribution in [0.3, 0.4) is 0 Å². The Morgan fingerprint density at radius 2 is 1.50 bits per heavy atom. The Balaban J connectivity index is 1.52. The van der Waals surface area contributed by atoms with Crippen LogP contribution in [-0.4, -0.2) is 23.0 Å². The highest BCUT2D eigenvalue weighted by Crippen LogP contribution is 2.64. The lowest BCUT2D eigenvalue weighted by Crippen LogP contribution is -2.54. The molecule has 1 fully saturated rings. The van der Waals surface area contributed by atoms with Crippen molar-refractivity contribution >= 4 is 46.7 Å². The van der Waals surface area contributed by atoms with Gasteiger partial charge < -0.3 is 0 Å². The molecule has 8 rings (SSSR count). The summed E-state index contributed by atoms with van der Waals surface area (Å²) in [6.07, 6.45) is 1.80. The van der Waals surface area contributed by atoms with Crippen LogP contribution < -0.4 is 4.90 Å². The van der Waals surface area contributed by atoms with E-state index in [9.17, 15) is 19.7 Å². The maximum atomic E-state index is 14.5. The number of nitrogens with zero attached hydrogens (tertiary/aromatic N) is 3. The number of aliphatic imine (C=N–C) groups is 1. The number of carbonyl (C=O) groups excluding carboxylic acids is 2. The summed E-state index contributed by atoms with van der Waals surface area (Å²) in [5.74, 6) is -2.85. The van der Waals surface area contributed by atoms with Gasteiger partial charge in [0.05, 0.1) is 27.9 Å². The number of amides is 2. The Hall–Kier alpha value is -4.62. The molecular weight excluding hydrogens is 526 g/mol. The summed E-state index contributed by atoms with van der Waals surface area (Å²) in [4.78, 5) is 46.0. The molecule has 1 saturated heterocycles. The molecule has 40 heavy (non-hydrogen) atoms. The minimum atomic E-state index is -1.08. The van der Waals surface area contributed by atoms with E-state index in [1.54, 1.807) is 18.3 Å². The minimum Gasteiger partial charge on any atom is -0.274 e. The third-order valence-corrected chi connectivity index (χ3v) is 9.06. The summed E-state index contributed by atoms with van der Waals surface area (Å²) in [6, 6.07) is 27.1. The summed E-state index contributed by atoms with van der Waals surface area (Å²) < 4.78 is 0. The van der Waals surface area contributed by atoms with E-state index < -0.39 is 34.0 Å². The van der Waals surface area contributed by atoms with Gasteiger partial charge in [-0.05, 0) is 52.9 Å². The normalized spacial score (nSPS) is 24.2. The fraction of sp³-hybridized carbons (Fsp3) is 0.156. The van der Waals surface area contributed by atoms with E-state index in [2.05, 4.69) is 0 Å². The van der Waals surface area contributed by atoms with Gasteiger partial charge in [-0.25, -0.2) is 4.90 Å². The Kier molecular flexibility index (Phi) is 5.31. The Labute approximate surface area is 234 Å². The van der Waals surface area contributed by atoms with Gasteiger partial charge in [-0.2, -0.15) is 0 Å². The molecule has 7 nitrogen and oxygen atoms in total. The van der Waals surface area contributed by atoms with Crippen LogP contribution in [0.15, 0.2) is 96.0 Å². The van der Waals surface area contributed by atoms with Crippen LogP contribution in [0.5, 0.6) is 0 Å². The molecule has 0 unspecified atom stereocenters. The summed E-state index contributed by atoms with van der Waals surface area (Å²) in [5.41, 5.74) is 3.83. The van der Waals surface area contributed by atoms with Crippen LogP contribution in [0, 0.1) is 28.9 Å². The number of nitro groups is 1. The van der Waals surface area contributed by atoms with Gasteiger partial charge in [-0.15, -0.1) is 0 Å². The molecule has 2 bridgehead atoms. The second kappa shape index (κ2) is 8.69. The molecule has 0 N–H and O–H groups in total. The zero-order chi connectivity index (χ0) is 27.8. The fourth-order valence-corrected chi connectivity index (χ4v) is 7.17. The monoisotopic (exact) mass is 547 g/mol. The van der Waals surface area contributed by atoms with Crippen LogP contribution in [0.2, 0.25) is 5.02 Å². The van der Waals surface area contributed by atoms with Crippen LogP contribution in [0.1, 0.15) is 33.7 Å². The first-order chi connectivity index (χ1) is 19.4. The number of hydrogen-bond acceptors (Lipinski definition) is 5. The number of halogens is 1. The number of anilines is 1. The van der Waals surface area contributed by atoms with E-state index in [0.717, 1.165) is 32.7 Å². The van der Waals surface area contributed by atoms with E-state index in [1.807, 2.05) is 67.6 Å². The van der Waals surface area contributed by atoms with Crippen molar-refractivity contribution in [3.8, 4) is 0 Å². The quantitative estimate of drug-likeness (QED) is 0.126. The minimum absolute atomic E-state index is 0.0119. The second-order valence-corrected chi connectivity index (χ2v) is 10.8. The van der Waals surface area contributed by atoms with Crippen molar-refractivity contribution in [1.82, 2.24) is 0 Å². The maximum absolute atomic E-state index is 14.5. The van der Waals surface area contributed by atoms with Gasteiger partial charge >= 0.3 is 0 Å². The molecule has 0 saturated carbocycles. The van der Waals surface area contributed by atoms with Crippen molar-refractivity contribution in [2.75, 3.05) is 4.90 Å². The van der Waals surface area contributed by atoms with Gasteiger partial charge in [0.15, 0.2) is 0 Å². The van der Waals surface area contributed by atoms with Crippen molar-refractivity contribution in [3.05, 3.63) is 134 Å². The number of carbonyl (C=O) groups is 2. The van der Waals surface area contributed by atoms with E-state index in [1.165, 1.54) is 18.2 Å². The van der Waals surface area contributed by atoms with E-state index >= 15 is 0 Å². The summed E-state index contributed by atoms with van der Waals surface area (Å²) >= 11 is 6.40. The standard InChI is InChI=1S/C32H22ClN3O4/c1-18-23(33)13-8-14-24(18)34-17-32-21-11-4-2-9-19(21)27(20-10-3-5-12-22(20)32)28-29(32)31(38)35(30(28)37)25-15-6-7-16-26(25)36(39)40/h2-17,27-29H,1H3/t27?,28-,29-,32?/m0/s1. The van der Waals surface area contributed by atoms with Crippen LogP contribution in [0.4, 0.5) is 17.1 Å². The summed E-state index contributed by atoms with van der Waals surface area (Å²) in [5, 5.41) is 12.5. The predicted octanol–water partition coefficient (Wildman–Crippen LogP) is 6.51. The number of nitro benzene ring substituents is 1. The van der Waals surface area contributed by atoms with Crippen molar-refractivity contribution in [2.24, 2.45) is 16.8 Å². The first-order valence-corrected chi connectivity index (χ1v) is 13.3. The Bertz CT molecular complexity index is 1750. The maximum Gasteiger partial charge on any atom is 0.293 e. The van der Waals surface area contributed by atoms with Crippen LogP contribution in [-0.2, 0) is 15.0 Å². The van der Waals surface area contributed by atoms with Crippen LogP contribution in [0.25, 0.3) is 0 Å². The number of imide groups is 1. The number of rotatable bonds is 4. The van der Waals surface area contributed by atoms with Crippen molar-refractivity contribution in [2.45, 2.75) is 18.3 Å². The van der Waals surface area contributed by atoms with Crippen LogP contribution >= 0.6 is 11.6 Å². The van der Waals surface area contributed by atoms with Gasteiger partial charge in [0, 0.05) is 23.2 Å². The van der Waals surface area contributed by atoms with Gasteiger partial charge in [0.1, 0.15) is 5.69 Å². The average Bonchev–Trinajstić information content (AvgIpc) is 3.24. The van der Waals surface area contributed by atoms with Gasteiger partial charge in [0.25, 0.3) is 5.69 Å². The number of hydrogen-bond donors (Lipinski definition) is 0. The highest BCUT2D eigenvalue weighted by Gasteiger charge is 2.68. The fourth-order valence-electron chi connectivity index (χ4n) is 7.00. The third kappa shape index (κ3) is 3.09. The lowest BCUT2D eigenvalue weighted by molar-refractivity contribution is -0.384. The molecule has 3 aliphatic carbocycles. The molecule has 2 amide bonds.